The molecule has 2 N–H and O–H groups in total. The quantitative estimate of drug-likeness (QED) is 0.848. The van der Waals surface area contributed by atoms with Gasteiger partial charge in [0.2, 0.25) is 5.91 Å². The van der Waals surface area contributed by atoms with E-state index in [0.29, 0.717) is 12.8 Å². The largest absolute Gasteiger partial charge is 0.480 e. The molecule has 0 heterocycles. The second kappa shape index (κ2) is 4.88. The predicted molar refractivity (Wildman–Crippen MR) is 79.8 cm³/mol. The number of amides is 1. The Kier molecular flexibility index (Phi) is 3.16. The smallest absolute Gasteiger partial charge is 0.319 e. The van der Waals surface area contributed by atoms with Crippen molar-refractivity contribution in [3.05, 3.63) is 48.0 Å². The number of carbonyl (C=O) groups excluding carboxylic acids is 1. The summed E-state index contributed by atoms with van der Waals surface area (Å²) in [5.41, 5.74) is -0.214. The van der Waals surface area contributed by atoms with Crippen LogP contribution in [0.4, 0.5) is 0 Å². The molecule has 0 aliphatic heterocycles. The lowest BCUT2D eigenvalue weighted by Gasteiger charge is -2.18. The molecule has 1 fully saturated rings. The zero-order valence-corrected chi connectivity index (χ0v) is 11.8. The van der Waals surface area contributed by atoms with Crippen LogP contribution in [-0.4, -0.2) is 17.0 Å². The third kappa shape index (κ3) is 2.37. The highest BCUT2D eigenvalue weighted by Gasteiger charge is 2.57. The Hall–Kier alpha value is -2.36. The van der Waals surface area contributed by atoms with Gasteiger partial charge in [-0.25, -0.2) is 0 Å². The average Bonchev–Trinajstić information content (AvgIpc) is 3.28. The molecule has 0 aromatic heterocycles. The molecule has 0 spiro atoms. The number of benzene rings is 2. The Morgan fingerprint density at radius 2 is 1.81 bits per heavy atom. The molecule has 1 amide bonds. The van der Waals surface area contributed by atoms with Gasteiger partial charge in [-0.05, 0) is 42.2 Å². The van der Waals surface area contributed by atoms with E-state index in [-0.39, 0.29) is 11.9 Å². The molecular formula is C17H17NO3. The van der Waals surface area contributed by atoms with E-state index < -0.39 is 11.4 Å². The minimum absolute atomic E-state index is 0.209. The Labute approximate surface area is 122 Å². The summed E-state index contributed by atoms with van der Waals surface area (Å²) in [4.78, 5) is 23.3. The summed E-state index contributed by atoms with van der Waals surface area (Å²) in [5.74, 6) is -1.40. The van der Waals surface area contributed by atoms with E-state index in [9.17, 15) is 9.59 Å². The van der Waals surface area contributed by atoms with Gasteiger partial charge in [0.25, 0.3) is 0 Å². The lowest BCUT2D eigenvalue weighted by molar-refractivity contribution is -0.149. The number of carbonyl (C=O) groups is 2. The zero-order valence-electron chi connectivity index (χ0n) is 11.8. The molecule has 0 radical (unpaired) electrons. The molecule has 2 aromatic carbocycles. The van der Waals surface area contributed by atoms with Crippen molar-refractivity contribution in [2.45, 2.75) is 25.8 Å². The first kappa shape index (κ1) is 13.6. The van der Waals surface area contributed by atoms with Crippen LogP contribution in [0.3, 0.4) is 0 Å². The van der Waals surface area contributed by atoms with Crippen LogP contribution in [0.25, 0.3) is 10.8 Å². The Bertz CT molecular complexity index is 719. The van der Waals surface area contributed by atoms with Crippen molar-refractivity contribution in [2.75, 3.05) is 0 Å². The number of aliphatic carboxylic acids is 1. The molecule has 4 heteroatoms. The highest BCUT2D eigenvalue weighted by molar-refractivity contribution is 6.05. The van der Waals surface area contributed by atoms with Gasteiger partial charge in [-0.1, -0.05) is 36.4 Å². The maximum Gasteiger partial charge on any atom is 0.319 e. The van der Waals surface area contributed by atoms with Crippen LogP contribution in [-0.2, 0) is 9.59 Å². The van der Waals surface area contributed by atoms with Crippen molar-refractivity contribution in [3.8, 4) is 0 Å². The number of nitrogens with one attached hydrogen (secondary N) is 1. The van der Waals surface area contributed by atoms with Gasteiger partial charge in [0, 0.05) is 0 Å². The van der Waals surface area contributed by atoms with Gasteiger partial charge in [-0.3, -0.25) is 9.59 Å². The minimum Gasteiger partial charge on any atom is -0.480 e. The maximum absolute atomic E-state index is 12.1. The number of rotatable bonds is 4. The van der Waals surface area contributed by atoms with Gasteiger partial charge in [-0.2, -0.15) is 0 Å². The fourth-order valence-corrected chi connectivity index (χ4v) is 2.56. The van der Waals surface area contributed by atoms with Crippen LogP contribution in [0.2, 0.25) is 0 Å². The highest BCUT2D eigenvalue weighted by atomic mass is 16.4. The summed E-state index contributed by atoms with van der Waals surface area (Å²) >= 11 is 0. The van der Waals surface area contributed by atoms with Crippen molar-refractivity contribution >= 4 is 22.6 Å². The van der Waals surface area contributed by atoms with Gasteiger partial charge in [0.05, 0.1) is 6.04 Å². The van der Waals surface area contributed by atoms with E-state index in [1.54, 1.807) is 0 Å². The summed E-state index contributed by atoms with van der Waals surface area (Å²) in [6.45, 7) is 1.87. The predicted octanol–water partition coefficient (Wildman–Crippen LogP) is 2.88. The number of carboxylic acids is 1. The first-order chi connectivity index (χ1) is 10.0. The van der Waals surface area contributed by atoms with Crippen molar-refractivity contribution in [1.82, 2.24) is 5.32 Å². The van der Waals surface area contributed by atoms with E-state index in [2.05, 4.69) is 5.32 Å². The summed E-state index contributed by atoms with van der Waals surface area (Å²) in [6, 6.07) is 13.8. The van der Waals surface area contributed by atoms with Crippen LogP contribution in [0, 0.1) is 5.41 Å². The van der Waals surface area contributed by atoms with Crippen LogP contribution in [0.15, 0.2) is 42.5 Å². The zero-order chi connectivity index (χ0) is 15.0. The summed E-state index contributed by atoms with van der Waals surface area (Å²) in [6.07, 6.45) is 0.858. The summed E-state index contributed by atoms with van der Waals surface area (Å²) in [5, 5.41) is 14.2. The molecule has 0 saturated heterocycles. The van der Waals surface area contributed by atoms with E-state index in [0.717, 1.165) is 16.3 Å². The first-order valence-corrected chi connectivity index (χ1v) is 7.06. The lowest BCUT2D eigenvalue weighted by atomic mass is 10.0. The molecule has 1 atom stereocenters. The van der Waals surface area contributed by atoms with Crippen molar-refractivity contribution in [1.29, 1.82) is 0 Å². The molecule has 1 aliphatic rings. The first-order valence-electron chi connectivity index (χ1n) is 7.06. The van der Waals surface area contributed by atoms with E-state index in [1.807, 2.05) is 49.4 Å². The standard InChI is InChI=1S/C17H17NO3/c1-11(18-15(19)17(8-9-17)16(20)21)13-7-6-12-4-2-3-5-14(12)10-13/h2-7,10-11H,8-9H2,1H3,(H,18,19)(H,20,21). The molecule has 21 heavy (non-hydrogen) atoms. The highest BCUT2D eigenvalue weighted by Crippen LogP contribution is 2.46. The van der Waals surface area contributed by atoms with E-state index in [4.69, 9.17) is 5.11 Å². The average molecular weight is 283 g/mol. The fourth-order valence-electron chi connectivity index (χ4n) is 2.56. The molecular weight excluding hydrogens is 266 g/mol. The van der Waals surface area contributed by atoms with Crippen LogP contribution >= 0.6 is 0 Å². The van der Waals surface area contributed by atoms with Crippen LogP contribution in [0.1, 0.15) is 31.4 Å². The number of hydrogen-bond acceptors (Lipinski definition) is 2. The Morgan fingerprint density at radius 3 is 2.43 bits per heavy atom. The monoisotopic (exact) mass is 283 g/mol. The van der Waals surface area contributed by atoms with Crippen molar-refractivity contribution in [3.63, 3.8) is 0 Å². The number of hydrogen-bond donors (Lipinski definition) is 2. The van der Waals surface area contributed by atoms with Crippen molar-refractivity contribution < 1.29 is 14.7 Å². The molecule has 1 saturated carbocycles. The minimum atomic E-state index is -1.19. The van der Waals surface area contributed by atoms with Gasteiger partial charge in [-0.15, -0.1) is 0 Å². The molecule has 108 valence electrons. The second-order valence-electron chi connectivity index (χ2n) is 5.69. The molecule has 1 aliphatic carbocycles. The maximum atomic E-state index is 12.1. The molecule has 0 bridgehead atoms. The van der Waals surface area contributed by atoms with E-state index >= 15 is 0 Å². The molecule has 3 rings (SSSR count). The Balaban J connectivity index is 1.79. The van der Waals surface area contributed by atoms with Gasteiger partial charge in [0.15, 0.2) is 0 Å². The van der Waals surface area contributed by atoms with E-state index in [1.165, 1.54) is 0 Å². The number of fused-ring (bicyclic) bond motifs is 1. The lowest BCUT2D eigenvalue weighted by Crippen LogP contribution is -2.38. The molecule has 2 aromatic rings. The normalized spacial score (nSPS) is 17.2. The molecule has 4 nitrogen and oxygen atoms in total. The summed E-state index contributed by atoms with van der Waals surface area (Å²) < 4.78 is 0. The van der Waals surface area contributed by atoms with Gasteiger partial charge in [0.1, 0.15) is 5.41 Å². The summed E-state index contributed by atoms with van der Waals surface area (Å²) in [7, 11) is 0. The topological polar surface area (TPSA) is 66.4 Å². The van der Waals surface area contributed by atoms with Crippen molar-refractivity contribution in [2.24, 2.45) is 5.41 Å². The Morgan fingerprint density at radius 1 is 1.14 bits per heavy atom. The van der Waals surface area contributed by atoms with Gasteiger partial charge < -0.3 is 10.4 Å². The van der Waals surface area contributed by atoms with Gasteiger partial charge >= 0.3 is 5.97 Å². The third-order valence-corrected chi connectivity index (χ3v) is 4.22. The number of carboxylic acid groups (broad SMARTS) is 1. The SMILES string of the molecule is CC(NC(=O)C1(C(=O)O)CC1)c1ccc2ccccc2c1. The van der Waals surface area contributed by atoms with Crippen LogP contribution in [0.5, 0.6) is 0 Å². The fraction of sp³-hybridized carbons (Fsp3) is 0.294. The second-order valence-corrected chi connectivity index (χ2v) is 5.69. The molecule has 1 unspecified atom stereocenters. The third-order valence-electron chi connectivity index (χ3n) is 4.22. The van der Waals surface area contributed by atoms with Crippen LogP contribution < -0.4 is 5.32 Å².